The minimum atomic E-state index is 0.361. The molecular formula is C8H17O+. The van der Waals surface area contributed by atoms with Crippen LogP contribution in [-0.4, -0.2) is 7.11 Å². The Hall–Kier alpha value is -0.170. The largest absolute Gasteiger partial charge is 0.238 e. The van der Waals surface area contributed by atoms with Crippen LogP contribution < -0.4 is 0 Å². The van der Waals surface area contributed by atoms with E-state index in [-0.39, 0.29) is 0 Å². The molecule has 0 aromatic heterocycles. The zero-order valence-corrected chi connectivity index (χ0v) is 7.12. The minimum Gasteiger partial charge on any atom is -0.197 e. The second kappa shape index (κ2) is 3.11. The molecule has 0 atom stereocenters. The molecule has 0 saturated carbocycles. The van der Waals surface area contributed by atoms with Gasteiger partial charge in [0.25, 0.3) is 0 Å². The van der Waals surface area contributed by atoms with E-state index in [2.05, 4.69) is 20.8 Å². The fourth-order valence-electron chi connectivity index (χ4n) is 0.819. The third-order valence-corrected chi connectivity index (χ3v) is 1.13. The summed E-state index contributed by atoms with van der Waals surface area (Å²) in [6.07, 6.45) is 2.16. The molecule has 54 valence electrons. The fraction of sp³-hybridized carbons (Fsp3) is 0.875. The van der Waals surface area contributed by atoms with Gasteiger partial charge in [0.15, 0.2) is 0 Å². The molecule has 0 aliphatic rings. The molecule has 0 N–H and O–H groups in total. The molecule has 1 nitrogen and oxygen atoms in total. The van der Waals surface area contributed by atoms with Crippen molar-refractivity contribution in [2.75, 3.05) is 7.11 Å². The summed E-state index contributed by atoms with van der Waals surface area (Å²) in [6, 6.07) is 0. The quantitative estimate of drug-likeness (QED) is 0.521. The summed E-state index contributed by atoms with van der Waals surface area (Å²) in [5, 5.41) is 0. The van der Waals surface area contributed by atoms with E-state index in [1.54, 1.807) is 7.11 Å². The summed E-state index contributed by atoms with van der Waals surface area (Å²) >= 11 is 0. The molecule has 0 heterocycles. The van der Waals surface area contributed by atoms with Gasteiger partial charge in [0.1, 0.15) is 13.3 Å². The van der Waals surface area contributed by atoms with Crippen molar-refractivity contribution in [3.63, 3.8) is 0 Å². The van der Waals surface area contributed by atoms with Crippen molar-refractivity contribution in [2.45, 2.75) is 34.1 Å². The first-order chi connectivity index (χ1) is 3.95. The summed E-state index contributed by atoms with van der Waals surface area (Å²) in [5.74, 6) is 0. The lowest BCUT2D eigenvalue weighted by atomic mass is 9.90. The highest BCUT2D eigenvalue weighted by Crippen LogP contribution is 2.25. The molecule has 0 spiro atoms. The summed E-state index contributed by atoms with van der Waals surface area (Å²) < 4.78 is 5.04. The monoisotopic (exact) mass is 129 g/mol. The molecule has 0 aromatic rings. The molecule has 0 aliphatic carbocycles. The van der Waals surface area contributed by atoms with Crippen LogP contribution in [0.3, 0.4) is 0 Å². The smallest absolute Gasteiger partial charge is 0.197 e. The third-order valence-electron chi connectivity index (χ3n) is 1.13. The number of ether oxygens (including phenoxy) is 1. The Morgan fingerprint density at radius 1 is 1.33 bits per heavy atom. The topological polar surface area (TPSA) is 9.23 Å². The predicted molar refractivity (Wildman–Crippen MR) is 40.0 cm³/mol. The normalized spacial score (nSPS) is 11.7. The van der Waals surface area contributed by atoms with Gasteiger partial charge in [-0.2, -0.15) is 4.74 Å². The maximum absolute atomic E-state index is 5.04. The molecule has 0 rings (SSSR count). The Kier molecular flexibility index (Phi) is 3.06. The van der Waals surface area contributed by atoms with E-state index in [9.17, 15) is 0 Å². The van der Waals surface area contributed by atoms with Gasteiger partial charge < -0.3 is 0 Å². The van der Waals surface area contributed by atoms with Gasteiger partial charge >= 0.3 is 0 Å². The van der Waals surface area contributed by atoms with Gasteiger partial charge in [-0.15, -0.1) is 0 Å². The van der Waals surface area contributed by atoms with E-state index in [0.29, 0.717) is 5.41 Å². The zero-order valence-electron chi connectivity index (χ0n) is 7.12. The summed E-state index contributed by atoms with van der Waals surface area (Å²) in [5.41, 5.74) is 0.361. The highest BCUT2D eigenvalue weighted by molar-refractivity contribution is 4.78. The Morgan fingerprint density at radius 3 is 1.89 bits per heavy atom. The van der Waals surface area contributed by atoms with Crippen LogP contribution in [-0.2, 0) is 4.74 Å². The molecule has 0 fully saturated rings. The lowest BCUT2D eigenvalue weighted by molar-refractivity contribution is 0.169. The average Bonchev–Trinajstić information content (AvgIpc) is 1.62. The summed E-state index contributed by atoms with van der Waals surface area (Å²) in [4.78, 5) is 0. The van der Waals surface area contributed by atoms with Crippen molar-refractivity contribution in [1.82, 2.24) is 0 Å². The van der Waals surface area contributed by atoms with Crippen LogP contribution in [0.15, 0.2) is 0 Å². The zero-order chi connectivity index (χ0) is 7.49. The maximum Gasteiger partial charge on any atom is 0.238 e. The van der Waals surface area contributed by atoms with Gasteiger partial charge in [-0.05, 0) is 0 Å². The molecule has 0 aromatic carbocycles. The molecule has 0 radical (unpaired) electrons. The molecule has 0 bridgehead atoms. The number of methoxy groups -OCH3 is 1. The van der Waals surface area contributed by atoms with Crippen molar-refractivity contribution >= 4 is 0 Å². The van der Waals surface area contributed by atoms with E-state index in [1.807, 2.05) is 6.92 Å². The first-order valence-corrected chi connectivity index (χ1v) is 3.32. The van der Waals surface area contributed by atoms with Gasteiger partial charge in [-0.1, -0.05) is 20.8 Å². The lowest BCUT2D eigenvalue weighted by Crippen LogP contribution is -2.10. The number of hydrogen-bond donors (Lipinski definition) is 0. The number of hydrogen-bond acceptors (Lipinski definition) is 1. The van der Waals surface area contributed by atoms with Crippen LogP contribution in [0.2, 0.25) is 0 Å². The van der Waals surface area contributed by atoms with E-state index >= 15 is 0 Å². The standard InChI is InChI=1S/C8H17O/c1-7(9-5)6-8(2,3)4/h6H2,1-5H3/q+1. The molecule has 0 aliphatic heterocycles. The molecule has 0 amide bonds. The van der Waals surface area contributed by atoms with Crippen molar-refractivity contribution in [2.24, 2.45) is 5.41 Å². The predicted octanol–water partition coefficient (Wildman–Crippen LogP) is 2.62. The van der Waals surface area contributed by atoms with Gasteiger partial charge in [-0.25, -0.2) is 0 Å². The van der Waals surface area contributed by atoms with E-state index in [1.165, 1.54) is 0 Å². The van der Waals surface area contributed by atoms with Crippen LogP contribution in [0.5, 0.6) is 0 Å². The molecule has 0 saturated heterocycles. The Balaban J connectivity index is 3.47. The second-order valence-corrected chi connectivity index (χ2v) is 3.64. The van der Waals surface area contributed by atoms with Crippen molar-refractivity contribution < 1.29 is 4.74 Å². The van der Waals surface area contributed by atoms with Gasteiger partial charge in [0.2, 0.25) is 6.10 Å². The van der Waals surface area contributed by atoms with Crippen LogP contribution in [0.4, 0.5) is 0 Å². The van der Waals surface area contributed by atoms with E-state index in [4.69, 9.17) is 4.74 Å². The fourth-order valence-corrected chi connectivity index (χ4v) is 0.819. The van der Waals surface area contributed by atoms with Crippen LogP contribution in [0.25, 0.3) is 0 Å². The van der Waals surface area contributed by atoms with E-state index < -0.39 is 0 Å². The first-order valence-electron chi connectivity index (χ1n) is 3.32. The summed E-state index contributed by atoms with van der Waals surface area (Å²) in [7, 11) is 1.72. The van der Waals surface area contributed by atoms with Gasteiger partial charge in [0.05, 0.1) is 7.11 Å². The molecular weight excluding hydrogens is 112 g/mol. The lowest BCUT2D eigenvalue weighted by Gasteiger charge is -2.13. The van der Waals surface area contributed by atoms with E-state index in [0.717, 1.165) is 12.5 Å². The summed E-state index contributed by atoms with van der Waals surface area (Å²) in [6.45, 7) is 8.63. The Labute approximate surface area is 58.4 Å². The average molecular weight is 129 g/mol. The Morgan fingerprint density at radius 2 is 1.78 bits per heavy atom. The third kappa shape index (κ3) is 5.71. The van der Waals surface area contributed by atoms with Crippen molar-refractivity contribution in [3.8, 4) is 0 Å². The van der Waals surface area contributed by atoms with Crippen LogP contribution in [0, 0.1) is 11.5 Å². The van der Waals surface area contributed by atoms with Gasteiger partial charge in [-0.3, -0.25) is 0 Å². The first kappa shape index (κ1) is 8.83. The number of rotatable bonds is 2. The minimum absolute atomic E-state index is 0.361. The van der Waals surface area contributed by atoms with Crippen molar-refractivity contribution in [3.05, 3.63) is 6.10 Å². The van der Waals surface area contributed by atoms with Gasteiger partial charge in [0, 0.05) is 5.41 Å². The van der Waals surface area contributed by atoms with Crippen LogP contribution >= 0.6 is 0 Å². The highest BCUT2D eigenvalue weighted by atomic mass is 16.5. The molecule has 9 heavy (non-hydrogen) atoms. The molecule has 0 unspecified atom stereocenters. The SMILES string of the molecule is CO[C+](C)CC(C)(C)C. The van der Waals surface area contributed by atoms with Crippen molar-refractivity contribution in [1.29, 1.82) is 0 Å². The Bertz CT molecular complexity index is 71.1. The maximum atomic E-state index is 5.04. The molecule has 1 heteroatoms. The highest BCUT2D eigenvalue weighted by Gasteiger charge is 2.23. The van der Waals surface area contributed by atoms with Crippen LogP contribution in [0.1, 0.15) is 34.1 Å². The second-order valence-electron chi connectivity index (χ2n) is 3.64.